The van der Waals surface area contributed by atoms with Gasteiger partial charge in [-0.1, -0.05) is 0 Å². The molecule has 1 saturated heterocycles. The maximum absolute atomic E-state index is 4.42. The molecule has 0 spiro atoms. The second-order valence-electron chi connectivity index (χ2n) is 5.03. The van der Waals surface area contributed by atoms with Crippen LogP contribution in [0.3, 0.4) is 0 Å². The van der Waals surface area contributed by atoms with E-state index in [1.807, 2.05) is 18.5 Å². The van der Waals surface area contributed by atoms with Crippen molar-refractivity contribution in [2.24, 2.45) is 0 Å². The first-order chi connectivity index (χ1) is 9.92. The van der Waals surface area contributed by atoms with Crippen LogP contribution in [0.2, 0.25) is 0 Å². The minimum atomic E-state index is 0.489. The van der Waals surface area contributed by atoms with Gasteiger partial charge < -0.3 is 4.90 Å². The van der Waals surface area contributed by atoms with E-state index in [-0.39, 0.29) is 0 Å². The Morgan fingerprint density at radius 2 is 2.10 bits per heavy atom. The fourth-order valence-electron chi connectivity index (χ4n) is 2.84. The van der Waals surface area contributed by atoms with Gasteiger partial charge in [0.2, 0.25) is 0 Å². The van der Waals surface area contributed by atoms with Crippen LogP contribution in [-0.4, -0.2) is 43.0 Å². The molecule has 3 aromatic rings. The molecule has 3 aromatic heterocycles. The summed E-state index contributed by atoms with van der Waals surface area (Å²) in [6.45, 7) is 1.95. The number of aromatic nitrogens is 6. The maximum Gasteiger partial charge on any atom is 0.160 e. The van der Waals surface area contributed by atoms with Crippen molar-refractivity contribution in [1.29, 1.82) is 0 Å². The first kappa shape index (κ1) is 11.4. The Hall–Kier alpha value is -2.44. The fourth-order valence-corrected chi connectivity index (χ4v) is 2.84. The Morgan fingerprint density at radius 3 is 2.90 bits per heavy atom. The van der Waals surface area contributed by atoms with Crippen molar-refractivity contribution in [1.82, 2.24) is 29.9 Å². The summed E-state index contributed by atoms with van der Waals surface area (Å²) >= 11 is 0. The first-order valence-electron chi connectivity index (χ1n) is 6.80. The largest absolute Gasteiger partial charge is 0.356 e. The second kappa shape index (κ2) is 4.59. The average molecular weight is 269 g/mol. The van der Waals surface area contributed by atoms with Crippen LogP contribution in [-0.2, 0) is 0 Å². The van der Waals surface area contributed by atoms with E-state index in [0.717, 1.165) is 42.8 Å². The van der Waals surface area contributed by atoms with Crippen LogP contribution in [0.5, 0.6) is 0 Å². The average Bonchev–Trinajstić information content (AvgIpc) is 3.18. The molecule has 0 amide bonds. The molecule has 0 aromatic carbocycles. The number of aromatic amines is 1. The van der Waals surface area contributed by atoms with E-state index < -0.39 is 0 Å². The molecule has 20 heavy (non-hydrogen) atoms. The predicted molar refractivity (Wildman–Crippen MR) is 74.4 cm³/mol. The normalized spacial score (nSPS) is 16.9. The highest BCUT2D eigenvalue weighted by Crippen LogP contribution is 2.28. The van der Waals surface area contributed by atoms with Crippen LogP contribution in [0.1, 0.15) is 18.9 Å². The molecular formula is C13H15N7. The van der Waals surface area contributed by atoms with Crippen LogP contribution in [0, 0.1) is 0 Å². The lowest BCUT2D eigenvalue weighted by Crippen LogP contribution is -2.35. The number of rotatable bonds is 2. The number of fused-ring (bicyclic) bond motifs is 1. The molecule has 102 valence electrons. The number of H-pyrrole nitrogens is 1. The highest BCUT2D eigenvalue weighted by Gasteiger charge is 2.23. The van der Waals surface area contributed by atoms with E-state index in [1.165, 1.54) is 0 Å². The van der Waals surface area contributed by atoms with Gasteiger partial charge in [-0.15, -0.1) is 0 Å². The summed E-state index contributed by atoms with van der Waals surface area (Å²) in [5.74, 6) is 0.975. The Morgan fingerprint density at radius 1 is 1.20 bits per heavy atom. The lowest BCUT2D eigenvalue weighted by molar-refractivity contribution is 0.366. The molecule has 4 rings (SSSR count). The van der Waals surface area contributed by atoms with Gasteiger partial charge in [0.05, 0.1) is 17.6 Å². The van der Waals surface area contributed by atoms with Crippen molar-refractivity contribution in [2.75, 3.05) is 18.0 Å². The zero-order chi connectivity index (χ0) is 13.4. The molecule has 0 aliphatic carbocycles. The summed E-state index contributed by atoms with van der Waals surface area (Å²) in [5, 5.41) is 12.3. The monoisotopic (exact) mass is 269 g/mol. The molecule has 1 N–H and O–H groups in total. The Bertz CT molecular complexity index is 694. The molecule has 1 fully saturated rings. The Kier molecular flexibility index (Phi) is 2.61. The van der Waals surface area contributed by atoms with E-state index in [2.05, 4.69) is 34.8 Å². The van der Waals surface area contributed by atoms with Gasteiger partial charge in [-0.2, -0.15) is 10.2 Å². The van der Waals surface area contributed by atoms with E-state index in [9.17, 15) is 0 Å². The Balaban J connectivity index is 1.56. The number of hydrogen-bond donors (Lipinski definition) is 1. The van der Waals surface area contributed by atoms with Crippen molar-refractivity contribution in [3.8, 4) is 0 Å². The molecule has 1 aliphatic heterocycles. The molecule has 0 atom stereocenters. The number of nitrogens with zero attached hydrogens (tertiary/aromatic N) is 6. The molecule has 0 bridgehead atoms. The lowest BCUT2D eigenvalue weighted by Gasteiger charge is -2.33. The van der Waals surface area contributed by atoms with Gasteiger partial charge in [0.1, 0.15) is 12.1 Å². The van der Waals surface area contributed by atoms with Gasteiger partial charge in [-0.25, -0.2) is 9.97 Å². The van der Waals surface area contributed by atoms with Gasteiger partial charge in [0, 0.05) is 25.5 Å². The quantitative estimate of drug-likeness (QED) is 0.761. The maximum atomic E-state index is 4.42. The van der Waals surface area contributed by atoms with Gasteiger partial charge in [-0.05, 0) is 18.9 Å². The third kappa shape index (κ3) is 1.82. The molecule has 0 radical (unpaired) electrons. The third-order valence-electron chi connectivity index (χ3n) is 3.89. The van der Waals surface area contributed by atoms with Crippen molar-refractivity contribution in [3.05, 3.63) is 31.0 Å². The summed E-state index contributed by atoms with van der Waals surface area (Å²) in [7, 11) is 0. The third-order valence-corrected chi connectivity index (χ3v) is 3.89. The van der Waals surface area contributed by atoms with Crippen LogP contribution in [0.4, 0.5) is 5.82 Å². The molecule has 1 aliphatic rings. The van der Waals surface area contributed by atoms with Crippen LogP contribution >= 0.6 is 0 Å². The van der Waals surface area contributed by atoms with Crippen LogP contribution < -0.4 is 4.90 Å². The molecule has 4 heterocycles. The number of anilines is 1. The minimum Gasteiger partial charge on any atom is -0.356 e. The van der Waals surface area contributed by atoms with Crippen LogP contribution in [0.25, 0.3) is 11.0 Å². The molecular weight excluding hydrogens is 254 g/mol. The van der Waals surface area contributed by atoms with Crippen LogP contribution in [0.15, 0.2) is 31.0 Å². The van der Waals surface area contributed by atoms with Crippen molar-refractivity contribution >= 4 is 16.9 Å². The summed E-state index contributed by atoms with van der Waals surface area (Å²) in [4.78, 5) is 10.9. The summed E-state index contributed by atoms with van der Waals surface area (Å²) < 4.78 is 2.06. The number of piperidine rings is 1. The molecule has 7 nitrogen and oxygen atoms in total. The molecule has 7 heteroatoms. The highest BCUT2D eigenvalue weighted by atomic mass is 15.3. The van der Waals surface area contributed by atoms with E-state index in [0.29, 0.717) is 6.04 Å². The zero-order valence-electron chi connectivity index (χ0n) is 11.0. The topological polar surface area (TPSA) is 75.5 Å². The predicted octanol–water partition coefficient (Wildman–Crippen LogP) is 1.39. The molecule has 0 unspecified atom stereocenters. The first-order valence-corrected chi connectivity index (χ1v) is 6.80. The van der Waals surface area contributed by atoms with Crippen molar-refractivity contribution < 1.29 is 0 Å². The van der Waals surface area contributed by atoms with E-state index >= 15 is 0 Å². The van der Waals surface area contributed by atoms with Gasteiger partial charge in [0.15, 0.2) is 5.65 Å². The zero-order valence-corrected chi connectivity index (χ0v) is 11.0. The van der Waals surface area contributed by atoms with E-state index in [4.69, 9.17) is 0 Å². The smallest absolute Gasteiger partial charge is 0.160 e. The van der Waals surface area contributed by atoms with Crippen molar-refractivity contribution in [2.45, 2.75) is 18.9 Å². The lowest BCUT2D eigenvalue weighted by atomic mass is 10.1. The number of hydrogen-bond acceptors (Lipinski definition) is 5. The second-order valence-corrected chi connectivity index (χ2v) is 5.03. The van der Waals surface area contributed by atoms with Gasteiger partial charge in [-0.3, -0.25) is 9.78 Å². The summed E-state index contributed by atoms with van der Waals surface area (Å²) in [6, 6.07) is 2.47. The standard InChI is InChI=1S/C13H15N7/c1-4-17-20(5-1)10-2-6-19(7-3-10)13-11-8-16-18-12(11)14-9-15-13/h1,4-5,8-10H,2-3,6-7H2,(H,14,15,16,18). The van der Waals surface area contributed by atoms with Crippen molar-refractivity contribution in [3.63, 3.8) is 0 Å². The highest BCUT2D eigenvalue weighted by molar-refractivity contribution is 5.86. The Labute approximate surface area is 115 Å². The van der Waals surface area contributed by atoms with E-state index in [1.54, 1.807) is 12.5 Å². The number of nitrogens with one attached hydrogen (secondary N) is 1. The van der Waals surface area contributed by atoms with Gasteiger partial charge >= 0.3 is 0 Å². The summed E-state index contributed by atoms with van der Waals surface area (Å²) in [6.07, 6.45) is 9.42. The minimum absolute atomic E-state index is 0.489. The SMILES string of the molecule is c1cnn(C2CCN(c3ncnc4[nH]ncc34)CC2)c1. The summed E-state index contributed by atoms with van der Waals surface area (Å²) in [5.41, 5.74) is 0.796. The van der Waals surface area contributed by atoms with Gasteiger partial charge in [0.25, 0.3) is 0 Å². The molecule has 0 saturated carbocycles. The fraction of sp³-hybridized carbons (Fsp3) is 0.385.